The largest absolute Gasteiger partial charge is 0.375 e. The Morgan fingerprint density at radius 1 is 1.19 bits per heavy atom. The van der Waals surface area contributed by atoms with Gasteiger partial charge in [-0.3, -0.25) is 10.1 Å². The highest BCUT2D eigenvalue weighted by Crippen LogP contribution is 2.28. The van der Waals surface area contributed by atoms with Crippen molar-refractivity contribution in [1.29, 1.82) is 0 Å². The van der Waals surface area contributed by atoms with E-state index in [-0.39, 0.29) is 5.69 Å². The molecule has 21 heavy (non-hydrogen) atoms. The highest BCUT2D eigenvalue weighted by Gasteiger charge is 2.13. The first-order chi connectivity index (χ1) is 10.1. The quantitative estimate of drug-likeness (QED) is 0.556. The van der Waals surface area contributed by atoms with Crippen molar-refractivity contribution >= 4 is 33.9 Å². The van der Waals surface area contributed by atoms with Gasteiger partial charge in [-0.2, -0.15) is 0 Å². The van der Waals surface area contributed by atoms with Crippen molar-refractivity contribution in [1.82, 2.24) is 4.98 Å². The number of halogens is 1. The van der Waals surface area contributed by atoms with E-state index in [9.17, 15) is 10.1 Å². The molecule has 3 aromatic rings. The SMILES string of the molecule is O=[N+]([O-])c1ccc(Cl)cc1NCc1ccc2[nH]ccc2c1. The van der Waals surface area contributed by atoms with E-state index in [0.717, 1.165) is 16.5 Å². The molecule has 0 aliphatic rings. The molecule has 6 heteroatoms. The van der Waals surface area contributed by atoms with Gasteiger partial charge in [0.15, 0.2) is 0 Å². The monoisotopic (exact) mass is 301 g/mol. The summed E-state index contributed by atoms with van der Waals surface area (Å²) in [5.41, 5.74) is 2.53. The van der Waals surface area contributed by atoms with Crippen molar-refractivity contribution < 1.29 is 4.92 Å². The fourth-order valence-corrected chi connectivity index (χ4v) is 2.39. The van der Waals surface area contributed by atoms with Crippen molar-refractivity contribution in [3.63, 3.8) is 0 Å². The summed E-state index contributed by atoms with van der Waals surface area (Å²) in [6.07, 6.45) is 1.88. The highest BCUT2D eigenvalue weighted by atomic mass is 35.5. The summed E-state index contributed by atoms with van der Waals surface area (Å²) in [4.78, 5) is 13.7. The number of nitrogens with zero attached hydrogens (tertiary/aromatic N) is 1. The van der Waals surface area contributed by atoms with Gasteiger partial charge in [0.2, 0.25) is 0 Å². The van der Waals surface area contributed by atoms with E-state index in [2.05, 4.69) is 10.3 Å². The Balaban J connectivity index is 1.83. The van der Waals surface area contributed by atoms with Gasteiger partial charge < -0.3 is 10.3 Å². The van der Waals surface area contributed by atoms with E-state index in [0.29, 0.717) is 17.3 Å². The smallest absolute Gasteiger partial charge is 0.292 e. The van der Waals surface area contributed by atoms with E-state index in [1.165, 1.54) is 12.1 Å². The Bertz CT molecular complexity index is 814. The molecule has 1 aromatic heterocycles. The lowest BCUT2D eigenvalue weighted by Gasteiger charge is -2.08. The molecular weight excluding hydrogens is 290 g/mol. The molecule has 2 aromatic carbocycles. The summed E-state index contributed by atoms with van der Waals surface area (Å²) in [7, 11) is 0. The van der Waals surface area contributed by atoms with E-state index < -0.39 is 4.92 Å². The van der Waals surface area contributed by atoms with Crippen molar-refractivity contribution in [3.8, 4) is 0 Å². The lowest BCUT2D eigenvalue weighted by Crippen LogP contribution is -2.02. The first kappa shape index (κ1) is 13.5. The molecule has 0 aliphatic heterocycles. The number of benzene rings is 2. The van der Waals surface area contributed by atoms with Crippen molar-refractivity contribution in [2.45, 2.75) is 6.54 Å². The predicted molar refractivity (Wildman–Crippen MR) is 83.7 cm³/mol. The summed E-state index contributed by atoms with van der Waals surface area (Å²) < 4.78 is 0. The standard InChI is InChI=1S/C15H12ClN3O2/c16-12-2-4-15(19(20)21)14(8-12)18-9-10-1-3-13-11(7-10)5-6-17-13/h1-8,17-18H,9H2. The van der Waals surface area contributed by atoms with Crippen molar-refractivity contribution in [2.24, 2.45) is 0 Å². The number of aromatic nitrogens is 1. The molecule has 5 nitrogen and oxygen atoms in total. The molecule has 0 fully saturated rings. The zero-order valence-electron chi connectivity index (χ0n) is 11.0. The van der Waals surface area contributed by atoms with E-state index in [1.807, 2.05) is 30.5 Å². The Labute approximate surface area is 125 Å². The van der Waals surface area contributed by atoms with Crippen LogP contribution in [0.15, 0.2) is 48.7 Å². The number of rotatable bonds is 4. The van der Waals surface area contributed by atoms with Gasteiger partial charge in [-0.05, 0) is 41.3 Å². The van der Waals surface area contributed by atoms with Crippen LogP contribution >= 0.6 is 11.6 Å². The molecule has 106 valence electrons. The number of H-pyrrole nitrogens is 1. The van der Waals surface area contributed by atoms with Gasteiger partial charge in [0.1, 0.15) is 5.69 Å². The van der Waals surface area contributed by atoms with Crippen LogP contribution in [-0.4, -0.2) is 9.91 Å². The van der Waals surface area contributed by atoms with Crippen LogP contribution in [0.2, 0.25) is 5.02 Å². The highest BCUT2D eigenvalue weighted by molar-refractivity contribution is 6.31. The Morgan fingerprint density at radius 3 is 2.86 bits per heavy atom. The van der Waals surface area contributed by atoms with Crippen LogP contribution in [0.25, 0.3) is 10.9 Å². The van der Waals surface area contributed by atoms with Gasteiger partial charge in [0.05, 0.1) is 4.92 Å². The summed E-state index contributed by atoms with van der Waals surface area (Å²) in [5.74, 6) is 0. The number of nitro benzene ring substituents is 1. The van der Waals surface area contributed by atoms with E-state index in [1.54, 1.807) is 6.07 Å². The minimum atomic E-state index is -0.423. The van der Waals surface area contributed by atoms with Crippen molar-refractivity contribution in [3.05, 3.63) is 69.4 Å². The van der Waals surface area contributed by atoms with Crippen LogP contribution in [0.4, 0.5) is 11.4 Å². The van der Waals surface area contributed by atoms with Crippen LogP contribution in [0.5, 0.6) is 0 Å². The Kier molecular flexibility index (Phi) is 3.50. The van der Waals surface area contributed by atoms with Gasteiger partial charge >= 0.3 is 0 Å². The third kappa shape index (κ3) is 2.83. The molecule has 0 aliphatic carbocycles. The van der Waals surface area contributed by atoms with E-state index in [4.69, 9.17) is 11.6 Å². The first-order valence-electron chi connectivity index (χ1n) is 6.37. The number of nitro groups is 1. The second-order valence-corrected chi connectivity index (χ2v) is 5.11. The normalized spacial score (nSPS) is 10.7. The number of fused-ring (bicyclic) bond motifs is 1. The molecule has 3 rings (SSSR count). The van der Waals surface area contributed by atoms with Gasteiger partial charge in [-0.15, -0.1) is 0 Å². The molecule has 0 saturated heterocycles. The predicted octanol–water partition coefficient (Wildman–Crippen LogP) is 4.34. The van der Waals surface area contributed by atoms with Gasteiger partial charge in [0.25, 0.3) is 5.69 Å². The fourth-order valence-electron chi connectivity index (χ4n) is 2.22. The zero-order chi connectivity index (χ0) is 14.8. The lowest BCUT2D eigenvalue weighted by molar-refractivity contribution is -0.384. The molecule has 1 heterocycles. The maximum Gasteiger partial charge on any atom is 0.292 e. The number of hydrogen-bond acceptors (Lipinski definition) is 3. The van der Waals surface area contributed by atoms with Gasteiger partial charge in [-0.25, -0.2) is 0 Å². The topological polar surface area (TPSA) is 71.0 Å². The minimum Gasteiger partial charge on any atom is -0.375 e. The summed E-state index contributed by atoms with van der Waals surface area (Å²) in [5, 5.41) is 15.6. The first-order valence-corrected chi connectivity index (χ1v) is 6.75. The number of anilines is 1. The molecule has 0 radical (unpaired) electrons. The molecule has 0 amide bonds. The second kappa shape index (κ2) is 5.46. The molecule has 0 bridgehead atoms. The Hall–Kier alpha value is -2.53. The number of aromatic amines is 1. The summed E-state index contributed by atoms with van der Waals surface area (Å²) in [6, 6.07) is 12.5. The molecule has 0 saturated carbocycles. The zero-order valence-corrected chi connectivity index (χ0v) is 11.7. The third-order valence-electron chi connectivity index (χ3n) is 3.26. The van der Waals surface area contributed by atoms with Crippen LogP contribution in [-0.2, 0) is 6.54 Å². The summed E-state index contributed by atoms with van der Waals surface area (Å²) in [6.45, 7) is 0.488. The number of hydrogen-bond donors (Lipinski definition) is 2. The molecule has 0 atom stereocenters. The molecule has 0 spiro atoms. The van der Waals surface area contributed by atoms with Crippen LogP contribution in [0, 0.1) is 10.1 Å². The molecule has 0 unspecified atom stereocenters. The van der Waals surface area contributed by atoms with Crippen LogP contribution in [0.3, 0.4) is 0 Å². The molecule has 2 N–H and O–H groups in total. The average Bonchev–Trinajstić information content (AvgIpc) is 2.92. The van der Waals surface area contributed by atoms with Gasteiger partial charge in [-0.1, -0.05) is 17.7 Å². The fraction of sp³-hybridized carbons (Fsp3) is 0.0667. The second-order valence-electron chi connectivity index (χ2n) is 4.67. The average molecular weight is 302 g/mol. The number of nitrogens with one attached hydrogen (secondary N) is 2. The third-order valence-corrected chi connectivity index (χ3v) is 3.49. The molecular formula is C15H12ClN3O2. The minimum absolute atomic E-state index is 0.0159. The summed E-state index contributed by atoms with van der Waals surface area (Å²) >= 11 is 5.90. The van der Waals surface area contributed by atoms with Gasteiger partial charge in [0, 0.05) is 29.3 Å². The maximum absolute atomic E-state index is 11.0. The Morgan fingerprint density at radius 2 is 2.05 bits per heavy atom. The van der Waals surface area contributed by atoms with Crippen molar-refractivity contribution in [2.75, 3.05) is 5.32 Å². The lowest BCUT2D eigenvalue weighted by atomic mass is 10.1. The van der Waals surface area contributed by atoms with Crippen LogP contribution in [0.1, 0.15) is 5.56 Å². The maximum atomic E-state index is 11.0. The van der Waals surface area contributed by atoms with Crippen LogP contribution < -0.4 is 5.32 Å². The van der Waals surface area contributed by atoms with E-state index >= 15 is 0 Å².